The summed E-state index contributed by atoms with van der Waals surface area (Å²) in [5.41, 5.74) is 4.47. The maximum atomic E-state index is 13.6. The molecule has 7 heteroatoms. The highest BCUT2D eigenvalue weighted by molar-refractivity contribution is 5.82. The van der Waals surface area contributed by atoms with E-state index >= 15 is 0 Å². The second kappa shape index (κ2) is 10.2. The van der Waals surface area contributed by atoms with Gasteiger partial charge >= 0.3 is 0 Å². The molecule has 188 valence electrons. The van der Waals surface area contributed by atoms with Crippen LogP contribution < -0.4 is 10.3 Å². The summed E-state index contributed by atoms with van der Waals surface area (Å²) in [6.07, 6.45) is 1.51. The number of methoxy groups -OCH3 is 1. The Morgan fingerprint density at radius 3 is 2.55 bits per heavy atom. The van der Waals surface area contributed by atoms with Gasteiger partial charge in [0.2, 0.25) is 0 Å². The van der Waals surface area contributed by atoms with Gasteiger partial charge in [-0.25, -0.2) is 4.98 Å². The molecule has 0 saturated heterocycles. The van der Waals surface area contributed by atoms with Gasteiger partial charge in [0, 0.05) is 11.1 Å². The third-order valence-electron chi connectivity index (χ3n) is 6.42. The normalized spacial score (nSPS) is 11.4. The molecule has 0 N–H and O–H groups in total. The van der Waals surface area contributed by atoms with Crippen LogP contribution in [0.5, 0.6) is 5.75 Å². The van der Waals surface area contributed by atoms with Crippen molar-refractivity contribution in [2.75, 3.05) is 7.11 Å². The number of hydrogen-bond donors (Lipinski definition) is 0. The molecule has 2 aromatic heterocycles. The molecule has 5 aromatic rings. The highest BCUT2D eigenvalue weighted by Gasteiger charge is 2.18. The second-order valence-corrected chi connectivity index (χ2v) is 9.27. The molecule has 0 aliphatic heterocycles. The molecular weight excluding hydrogens is 476 g/mol. The van der Waals surface area contributed by atoms with Crippen LogP contribution in [-0.2, 0) is 0 Å². The fourth-order valence-corrected chi connectivity index (χ4v) is 4.37. The Balaban J connectivity index is 1.63. The van der Waals surface area contributed by atoms with Crippen LogP contribution in [0, 0.1) is 18.3 Å². The third-order valence-corrected chi connectivity index (χ3v) is 6.42. The average Bonchev–Trinajstić information content (AvgIpc) is 3.41. The van der Waals surface area contributed by atoms with Gasteiger partial charge < -0.3 is 9.15 Å². The smallest absolute Gasteiger partial charge is 0.282 e. The van der Waals surface area contributed by atoms with Crippen LogP contribution in [-0.4, -0.2) is 23.0 Å². The molecule has 0 radical (unpaired) electrons. The lowest BCUT2D eigenvalue weighted by atomic mass is 9.96. The lowest BCUT2D eigenvalue weighted by Gasteiger charge is -2.17. The van der Waals surface area contributed by atoms with E-state index in [1.165, 1.54) is 10.9 Å². The van der Waals surface area contributed by atoms with Crippen LogP contribution >= 0.6 is 0 Å². The number of hydrogen-bond acceptors (Lipinski definition) is 6. The summed E-state index contributed by atoms with van der Waals surface area (Å²) in [6.45, 7) is 6.16. The lowest BCUT2D eigenvalue weighted by molar-refractivity contribution is 0.407. The first kappa shape index (κ1) is 24.7. The topological polar surface area (TPSA) is 93.4 Å². The number of fused-ring (bicyclic) bond motifs is 1. The van der Waals surface area contributed by atoms with E-state index in [1.807, 2.05) is 55.5 Å². The molecular formula is C31H26N4O3. The van der Waals surface area contributed by atoms with Gasteiger partial charge in [0.15, 0.2) is 5.82 Å². The zero-order valence-electron chi connectivity index (χ0n) is 21.6. The molecule has 3 aromatic carbocycles. The summed E-state index contributed by atoms with van der Waals surface area (Å²) in [6, 6.07) is 24.1. The molecule has 0 unspecified atom stereocenters. The molecule has 0 bridgehead atoms. The standard InChI is InChI=1S/C31H26N4O3/c1-19(2)25-16-26(20(3)15-29(25)37-4)30-34-27-8-6-5-7-24(27)31(36)35(30)33-18-23-13-14-28(38-23)22-11-9-21(17-32)10-12-22/h5-16,18-19H,1-4H3. The number of furan rings is 1. The van der Waals surface area contributed by atoms with Crippen LogP contribution in [0.2, 0.25) is 0 Å². The first-order chi connectivity index (χ1) is 18.4. The Hall–Kier alpha value is -4.96. The highest BCUT2D eigenvalue weighted by atomic mass is 16.5. The summed E-state index contributed by atoms with van der Waals surface area (Å²) in [5, 5.41) is 14.0. The minimum absolute atomic E-state index is 0.206. The van der Waals surface area contributed by atoms with Gasteiger partial charge in [0.1, 0.15) is 17.3 Å². The zero-order chi connectivity index (χ0) is 26.8. The van der Waals surface area contributed by atoms with Crippen molar-refractivity contribution in [3.8, 4) is 34.5 Å². The molecule has 0 atom stereocenters. The van der Waals surface area contributed by atoms with Crippen LogP contribution in [0.1, 0.15) is 42.2 Å². The van der Waals surface area contributed by atoms with Crippen molar-refractivity contribution in [2.45, 2.75) is 26.7 Å². The molecule has 0 aliphatic carbocycles. The van der Waals surface area contributed by atoms with Gasteiger partial charge in [-0.1, -0.05) is 26.0 Å². The van der Waals surface area contributed by atoms with E-state index in [9.17, 15) is 4.79 Å². The molecule has 38 heavy (non-hydrogen) atoms. The van der Waals surface area contributed by atoms with E-state index in [4.69, 9.17) is 19.4 Å². The van der Waals surface area contributed by atoms with Gasteiger partial charge in [0.05, 0.1) is 35.9 Å². The number of nitrogens with zero attached hydrogens (tertiary/aromatic N) is 4. The minimum Gasteiger partial charge on any atom is -0.496 e. The number of ether oxygens (including phenoxy) is 1. The molecule has 0 saturated carbocycles. The van der Waals surface area contributed by atoms with E-state index in [-0.39, 0.29) is 11.5 Å². The molecule has 0 amide bonds. The van der Waals surface area contributed by atoms with Crippen molar-refractivity contribution in [2.24, 2.45) is 5.10 Å². The zero-order valence-corrected chi connectivity index (χ0v) is 21.6. The minimum atomic E-state index is -0.276. The lowest BCUT2D eigenvalue weighted by Crippen LogP contribution is -2.20. The monoisotopic (exact) mass is 502 g/mol. The molecule has 7 nitrogen and oxygen atoms in total. The van der Waals surface area contributed by atoms with Crippen molar-refractivity contribution in [1.29, 1.82) is 5.26 Å². The summed E-state index contributed by atoms with van der Waals surface area (Å²) >= 11 is 0. The van der Waals surface area contributed by atoms with Gasteiger partial charge in [0.25, 0.3) is 5.56 Å². The predicted molar refractivity (Wildman–Crippen MR) is 149 cm³/mol. The van der Waals surface area contributed by atoms with Crippen LogP contribution in [0.15, 0.2) is 87.1 Å². The number of aryl methyl sites for hydroxylation is 1. The van der Waals surface area contributed by atoms with E-state index in [2.05, 4.69) is 25.0 Å². The largest absolute Gasteiger partial charge is 0.496 e. The van der Waals surface area contributed by atoms with Gasteiger partial charge in [-0.3, -0.25) is 4.79 Å². The third kappa shape index (κ3) is 4.60. The molecule has 5 rings (SSSR count). The quantitative estimate of drug-likeness (QED) is 0.247. The summed E-state index contributed by atoms with van der Waals surface area (Å²) < 4.78 is 12.9. The van der Waals surface area contributed by atoms with Crippen molar-refractivity contribution in [3.63, 3.8) is 0 Å². The maximum Gasteiger partial charge on any atom is 0.282 e. The Kier molecular flexibility index (Phi) is 6.63. The summed E-state index contributed by atoms with van der Waals surface area (Å²) in [7, 11) is 1.66. The number of benzene rings is 3. The van der Waals surface area contributed by atoms with E-state index in [0.29, 0.717) is 33.8 Å². The number of para-hydroxylation sites is 1. The first-order valence-corrected chi connectivity index (χ1v) is 12.2. The van der Waals surface area contributed by atoms with Gasteiger partial charge in [-0.15, -0.1) is 0 Å². The Morgan fingerprint density at radius 1 is 1.08 bits per heavy atom. The van der Waals surface area contributed by atoms with E-state index < -0.39 is 0 Å². The van der Waals surface area contributed by atoms with Crippen molar-refractivity contribution >= 4 is 17.1 Å². The number of nitriles is 1. The first-order valence-electron chi connectivity index (χ1n) is 12.2. The Morgan fingerprint density at radius 2 is 1.84 bits per heavy atom. The van der Waals surface area contributed by atoms with Crippen LogP contribution in [0.3, 0.4) is 0 Å². The second-order valence-electron chi connectivity index (χ2n) is 9.27. The van der Waals surface area contributed by atoms with Crippen molar-refractivity contribution in [1.82, 2.24) is 9.66 Å². The predicted octanol–water partition coefficient (Wildman–Crippen LogP) is 6.52. The van der Waals surface area contributed by atoms with E-state index in [0.717, 1.165) is 28.0 Å². The van der Waals surface area contributed by atoms with Crippen LogP contribution in [0.25, 0.3) is 33.6 Å². The number of aromatic nitrogens is 2. The Bertz CT molecular complexity index is 1770. The Labute approximate surface area is 220 Å². The number of rotatable bonds is 6. The SMILES string of the molecule is COc1cc(C)c(-c2nc3ccccc3c(=O)n2N=Cc2ccc(-c3ccc(C#N)cc3)o2)cc1C(C)C. The fraction of sp³-hybridized carbons (Fsp3) is 0.161. The molecule has 0 aliphatic rings. The summed E-state index contributed by atoms with van der Waals surface area (Å²) in [4.78, 5) is 18.5. The van der Waals surface area contributed by atoms with Crippen molar-refractivity contribution in [3.05, 3.63) is 106 Å². The highest BCUT2D eigenvalue weighted by Crippen LogP contribution is 2.34. The molecule has 0 spiro atoms. The average molecular weight is 503 g/mol. The van der Waals surface area contributed by atoms with Crippen molar-refractivity contribution < 1.29 is 9.15 Å². The summed E-state index contributed by atoms with van der Waals surface area (Å²) in [5.74, 6) is 2.55. The fourth-order valence-electron chi connectivity index (χ4n) is 4.37. The molecule has 0 fully saturated rings. The van der Waals surface area contributed by atoms with Gasteiger partial charge in [-0.2, -0.15) is 15.0 Å². The maximum absolute atomic E-state index is 13.6. The van der Waals surface area contributed by atoms with Crippen LogP contribution in [0.4, 0.5) is 0 Å². The van der Waals surface area contributed by atoms with E-state index in [1.54, 1.807) is 31.4 Å². The molecule has 2 heterocycles. The van der Waals surface area contributed by atoms with Gasteiger partial charge in [-0.05, 0) is 84.6 Å².